The third-order valence-corrected chi connectivity index (χ3v) is 2.19. The minimum Gasteiger partial charge on any atom is -0.480 e. The van der Waals surface area contributed by atoms with E-state index in [0.717, 1.165) is 0 Å². The van der Waals surface area contributed by atoms with Gasteiger partial charge in [0, 0.05) is 0 Å². The second-order valence-electron chi connectivity index (χ2n) is 6.28. The summed E-state index contributed by atoms with van der Waals surface area (Å²) in [6.45, 7) is 11.4. The van der Waals surface area contributed by atoms with Gasteiger partial charge in [-0.15, -0.1) is 0 Å². The first-order valence-corrected chi connectivity index (χ1v) is 6.17. The van der Waals surface area contributed by atoms with Crippen LogP contribution in [0.2, 0.25) is 0 Å². The van der Waals surface area contributed by atoms with Crippen molar-refractivity contribution in [3.05, 3.63) is 6.20 Å². The van der Waals surface area contributed by atoms with Crippen molar-refractivity contribution in [2.75, 3.05) is 12.4 Å². The summed E-state index contributed by atoms with van der Waals surface area (Å²) < 4.78 is 12.2. The van der Waals surface area contributed by atoms with Crippen LogP contribution in [0.5, 0.6) is 5.88 Å². The minimum absolute atomic E-state index is 0.237. The molecule has 0 saturated heterocycles. The van der Waals surface area contributed by atoms with E-state index in [0.29, 0.717) is 11.6 Å². The van der Waals surface area contributed by atoms with Crippen LogP contribution in [0.3, 0.4) is 0 Å². The number of nitrogens with zero attached hydrogens (tertiary/aromatic N) is 2. The van der Waals surface area contributed by atoms with Gasteiger partial charge in [-0.1, -0.05) is 0 Å². The number of hydrogen-bond donors (Lipinski definition) is 1. The maximum absolute atomic E-state index is 11.7. The van der Waals surface area contributed by atoms with Gasteiger partial charge in [0.05, 0.1) is 18.8 Å². The topological polar surface area (TPSA) is 65.4 Å². The van der Waals surface area contributed by atoms with E-state index in [9.17, 15) is 4.79 Å². The van der Waals surface area contributed by atoms with Gasteiger partial charge >= 0.3 is 6.09 Å². The van der Waals surface area contributed by atoms with Crippen molar-refractivity contribution < 1.29 is 14.3 Å². The van der Waals surface area contributed by atoms with Gasteiger partial charge in [-0.2, -0.15) is 5.10 Å². The molecule has 1 aromatic rings. The summed E-state index contributed by atoms with van der Waals surface area (Å²) >= 11 is 0. The third-order valence-electron chi connectivity index (χ3n) is 2.19. The molecule has 0 aliphatic rings. The van der Waals surface area contributed by atoms with E-state index in [4.69, 9.17) is 9.47 Å². The molecule has 0 spiro atoms. The number of methoxy groups -OCH3 is 1. The van der Waals surface area contributed by atoms with Crippen molar-refractivity contribution >= 4 is 11.8 Å². The Morgan fingerprint density at radius 1 is 1.26 bits per heavy atom. The number of amides is 1. The molecule has 0 aliphatic heterocycles. The molecule has 1 N–H and O–H groups in total. The number of ether oxygens (including phenoxy) is 2. The smallest absolute Gasteiger partial charge is 0.412 e. The van der Waals surface area contributed by atoms with E-state index in [1.807, 2.05) is 41.5 Å². The molecule has 0 saturated carbocycles. The fourth-order valence-electron chi connectivity index (χ4n) is 1.51. The second-order valence-corrected chi connectivity index (χ2v) is 6.28. The monoisotopic (exact) mass is 269 g/mol. The molecule has 1 heterocycles. The molecule has 1 amide bonds. The molecule has 0 atom stereocenters. The van der Waals surface area contributed by atoms with Crippen LogP contribution in [0, 0.1) is 0 Å². The second kappa shape index (κ2) is 5.11. The lowest BCUT2D eigenvalue weighted by molar-refractivity contribution is 0.0635. The van der Waals surface area contributed by atoms with Crippen LogP contribution in [0.1, 0.15) is 41.5 Å². The summed E-state index contributed by atoms with van der Waals surface area (Å²) in [6, 6.07) is 0. The van der Waals surface area contributed by atoms with Gasteiger partial charge in [0.2, 0.25) is 5.88 Å². The first-order chi connectivity index (χ1) is 8.54. The number of anilines is 1. The van der Waals surface area contributed by atoms with Crippen LogP contribution in [0.4, 0.5) is 10.5 Å². The van der Waals surface area contributed by atoms with Crippen LogP contribution >= 0.6 is 0 Å². The van der Waals surface area contributed by atoms with Gasteiger partial charge in [-0.25, -0.2) is 9.48 Å². The molecule has 1 aromatic heterocycles. The highest BCUT2D eigenvalue weighted by molar-refractivity contribution is 5.86. The van der Waals surface area contributed by atoms with Crippen molar-refractivity contribution in [3.8, 4) is 5.88 Å². The van der Waals surface area contributed by atoms with Crippen LogP contribution in [0.15, 0.2) is 6.20 Å². The molecule has 6 heteroatoms. The van der Waals surface area contributed by atoms with Gasteiger partial charge in [-0.3, -0.25) is 5.32 Å². The summed E-state index contributed by atoms with van der Waals surface area (Å²) in [6.07, 6.45) is 1.02. The Balaban J connectivity index is 2.91. The number of rotatable bonds is 2. The quantitative estimate of drug-likeness (QED) is 0.896. The largest absolute Gasteiger partial charge is 0.480 e. The predicted molar refractivity (Wildman–Crippen MR) is 73.6 cm³/mol. The Kier molecular flexibility index (Phi) is 4.12. The van der Waals surface area contributed by atoms with Crippen molar-refractivity contribution in [2.24, 2.45) is 0 Å². The molecule has 0 aromatic carbocycles. The van der Waals surface area contributed by atoms with E-state index in [1.165, 1.54) is 0 Å². The Hall–Kier alpha value is -1.72. The molecule has 0 unspecified atom stereocenters. The summed E-state index contributed by atoms with van der Waals surface area (Å²) in [5.74, 6) is 0.498. The average Bonchev–Trinajstić information content (AvgIpc) is 2.56. The number of aromatic nitrogens is 2. The van der Waals surface area contributed by atoms with Gasteiger partial charge in [0.1, 0.15) is 11.3 Å². The van der Waals surface area contributed by atoms with Crippen LogP contribution in [-0.4, -0.2) is 28.6 Å². The lowest BCUT2D eigenvalue weighted by Crippen LogP contribution is -2.27. The highest BCUT2D eigenvalue weighted by atomic mass is 16.6. The highest BCUT2D eigenvalue weighted by Crippen LogP contribution is 2.29. The average molecular weight is 269 g/mol. The van der Waals surface area contributed by atoms with Crippen molar-refractivity contribution in [2.45, 2.75) is 52.7 Å². The highest BCUT2D eigenvalue weighted by Gasteiger charge is 2.24. The summed E-state index contributed by atoms with van der Waals surface area (Å²) in [5.41, 5.74) is -0.289. The molecule has 108 valence electrons. The predicted octanol–water partition coefficient (Wildman–Crippen LogP) is 2.99. The summed E-state index contributed by atoms with van der Waals surface area (Å²) in [5, 5.41) is 6.87. The number of carbonyl (C=O) groups excluding carboxylic acids is 1. The first-order valence-electron chi connectivity index (χ1n) is 6.17. The molecule has 6 nitrogen and oxygen atoms in total. The van der Waals surface area contributed by atoms with E-state index < -0.39 is 11.7 Å². The first kappa shape index (κ1) is 15.3. The Labute approximate surface area is 114 Å². The lowest BCUT2D eigenvalue weighted by atomic mass is 10.1. The zero-order valence-electron chi connectivity index (χ0n) is 12.7. The lowest BCUT2D eigenvalue weighted by Gasteiger charge is -2.22. The zero-order valence-corrected chi connectivity index (χ0v) is 12.7. The van der Waals surface area contributed by atoms with Gasteiger partial charge < -0.3 is 9.47 Å². The molecule has 0 bridgehead atoms. The van der Waals surface area contributed by atoms with E-state index in [1.54, 1.807) is 18.0 Å². The van der Waals surface area contributed by atoms with Crippen LogP contribution < -0.4 is 10.1 Å². The van der Waals surface area contributed by atoms with Crippen LogP contribution in [-0.2, 0) is 10.3 Å². The molecule has 1 rings (SSSR count). The normalized spacial score (nSPS) is 12.2. The maximum Gasteiger partial charge on any atom is 0.412 e. The van der Waals surface area contributed by atoms with Gasteiger partial charge in [0.25, 0.3) is 0 Å². The van der Waals surface area contributed by atoms with Gasteiger partial charge in [0.15, 0.2) is 0 Å². The minimum atomic E-state index is -0.544. The third kappa shape index (κ3) is 4.15. The van der Waals surface area contributed by atoms with Crippen LogP contribution in [0.25, 0.3) is 0 Å². The maximum atomic E-state index is 11.7. The van der Waals surface area contributed by atoms with E-state index >= 15 is 0 Å². The summed E-state index contributed by atoms with van der Waals surface area (Å²) in [7, 11) is 1.54. The van der Waals surface area contributed by atoms with Gasteiger partial charge in [-0.05, 0) is 41.5 Å². The van der Waals surface area contributed by atoms with Crippen molar-refractivity contribution in [3.63, 3.8) is 0 Å². The standard InChI is InChI=1S/C13H23N3O3/c1-12(2,3)16-10(18-7)9(8-14-16)15-11(17)19-13(4,5)6/h8H,1-7H3,(H,15,17). The fraction of sp³-hybridized carbons (Fsp3) is 0.692. The Morgan fingerprint density at radius 3 is 2.26 bits per heavy atom. The fourth-order valence-corrected chi connectivity index (χ4v) is 1.51. The summed E-state index contributed by atoms with van der Waals surface area (Å²) in [4.78, 5) is 11.7. The van der Waals surface area contributed by atoms with Crippen molar-refractivity contribution in [1.29, 1.82) is 0 Å². The van der Waals surface area contributed by atoms with E-state index in [-0.39, 0.29) is 5.54 Å². The molecule has 19 heavy (non-hydrogen) atoms. The Morgan fingerprint density at radius 2 is 1.84 bits per heavy atom. The zero-order chi connectivity index (χ0) is 14.8. The molecular weight excluding hydrogens is 246 g/mol. The SMILES string of the molecule is COc1c(NC(=O)OC(C)(C)C)cnn1C(C)(C)C. The molecule has 0 aliphatic carbocycles. The molecular formula is C13H23N3O3. The molecule has 0 fully saturated rings. The number of hydrogen-bond acceptors (Lipinski definition) is 4. The number of carbonyl (C=O) groups is 1. The van der Waals surface area contributed by atoms with E-state index in [2.05, 4.69) is 10.4 Å². The molecule has 0 radical (unpaired) electrons. The number of nitrogens with one attached hydrogen (secondary N) is 1. The van der Waals surface area contributed by atoms with Crippen molar-refractivity contribution in [1.82, 2.24) is 9.78 Å². The Bertz CT molecular complexity index is 453.